The van der Waals surface area contributed by atoms with Crippen LogP contribution in [0.4, 0.5) is 0 Å². The largest absolute Gasteiger partial charge is 0.463 e. The Kier molecular flexibility index (Phi) is 9.32. The lowest BCUT2D eigenvalue weighted by atomic mass is 9.87. The molecule has 28 heavy (non-hydrogen) atoms. The summed E-state index contributed by atoms with van der Waals surface area (Å²) in [6, 6.07) is -1.21. The van der Waals surface area contributed by atoms with Crippen molar-refractivity contribution in [2.45, 2.75) is 49.1 Å². The van der Waals surface area contributed by atoms with Crippen LogP contribution in [0.2, 0.25) is 0 Å². The summed E-state index contributed by atoms with van der Waals surface area (Å²) in [7, 11) is 0. The van der Waals surface area contributed by atoms with Crippen LogP contribution in [0.1, 0.15) is 20.8 Å². The SMILES string of the molecule is C/C=C/[C@@H]1C(COC(C)=O)O[C@@H](OC(=N)C(Cl)(Cl)Cl)C(N=[N+]=[N-])[C@H]1OC(C)=O. The van der Waals surface area contributed by atoms with Crippen LogP contribution in [0, 0.1) is 11.3 Å². The summed E-state index contributed by atoms with van der Waals surface area (Å²) in [6.07, 6.45) is -0.0264. The van der Waals surface area contributed by atoms with E-state index in [1.807, 2.05) is 0 Å². The number of allylic oxidation sites excluding steroid dienone is 1. The molecule has 1 heterocycles. The van der Waals surface area contributed by atoms with E-state index in [-0.39, 0.29) is 6.61 Å². The van der Waals surface area contributed by atoms with Gasteiger partial charge in [0.05, 0.1) is 0 Å². The minimum absolute atomic E-state index is 0.216. The number of hydrogen-bond donors (Lipinski definition) is 1. The maximum atomic E-state index is 11.6. The second-order valence-electron chi connectivity index (χ2n) is 5.66. The van der Waals surface area contributed by atoms with Gasteiger partial charge in [-0.15, -0.1) is 0 Å². The molecule has 10 nitrogen and oxygen atoms in total. The maximum Gasteiger partial charge on any atom is 0.302 e. The van der Waals surface area contributed by atoms with Crippen molar-refractivity contribution in [1.82, 2.24) is 0 Å². The van der Waals surface area contributed by atoms with E-state index < -0.39 is 52.1 Å². The number of alkyl halides is 3. The molecule has 0 bridgehead atoms. The Morgan fingerprint density at radius 3 is 2.39 bits per heavy atom. The number of nitrogens with one attached hydrogen (secondary N) is 1. The molecule has 1 fully saturated rings. The fraction of sp³-hybridized carbons (Fsp3) is 0.667. The smallest absolute Gasteiger partial charge is 0.302 e. The molecule has 0 spiro atoms. The molecule has 0 aliphatic carbocycles. The number of carbonyl (C=O) groups is 2. The van der Waals surface area contributed by atoms with Gasteiger partial charge in [-0.1, -0.05) is 52.1 Å². The lowest BCUT2D eigenvalue weighted by molar-refractivity contribution is -0.228. The van der Waals surface area contributed by atoms with Gasteiger partial charge < -0.3 is 18.9 Å². The van der Waals surface area contributed by atoms with Gasteiger partial charge in [-0.3, -0.25) is 15.0 Å². The number of azide groups is 1. The van der Waals surface area contributed by atoms with Crippen molar-refractivity contribution < 1.29 is 28.5 Å². The molecule has 0 aromatic heterocycles. The molecule has 5 atom stereocenters. The third-order valence-corrected chi connectivity index (χ3v) is 4.09. The fourth-order valence-electron chi connectivity index (χ4n) is 2.54. The Balaban J connectivity index is 3.32. The summed E-state index contributed by atoms with van der Waals surface area (Å²) in [6.45, 7) is 3.89. The zero-order valence-electron chi connectivity index (χ0n) is 15.2. The average molecular weight is 458 g/mol. The summed E-state index contributed by atoms with van der Waals surface area (Å²) in [5, 5.41) is 11.3. The predicted molar refractivity (Wildman–Crippen MR) is 101 cm³/mol. The Morgan fingerprint density at radius 1 is 1.29 bits per heavy atom. The van der Waals surface area contributed by atoms with E-state index in [4.69, 9.17) is 64.7 Å². The Morgan fingerprint density at radius 2 is 1.93 bits per heavy atom. The Labute approximate surface area is 176 Å². The van der Waals surface area contributed by atoms with Gasteiger partial charge >= 0.3 is 11.9 Å². The van der Waals surface area contributed by atoms with Gasteiger partial charge in [0.1, 0.15) is 24.9 Å². The summed E-state index contributed by atoms with van der Waals surface area (Å²) in [5.41, 5.74) is 8.93. The van der Waals surface area contributed by atoms with E-state index in [0.717, 1.165) is 0 Å². The van der Waals surface area contributed by atoms with Crippen molar-refractivity contribution in [2.75, 3.05) is 6.61 Å². The molecule has 2 unspecified atom stereocenters. The van der Waals surface area contributed by atoms with Crippen molar-refractivity contribution in [2.24, 2.45) is 11.0 Å². The lowest BCUT2D eigenvalue weighted by Gasteiger charge is -2.43. The van der Waals surface area contributed by atoms with Crippen molar-refractivity contribution in [3.8, 4) is 0 Å². The number of nitrogens with zero attached hydrogens (tertiary/aromatic N) is 3. The number of halogens is 3. The highest BCUT2D eigenvalue weighted by Gasteiger charge is 2.49. The second kappa shape index (κ2) is 10.7. The van der Waals surface area contributed by atoms with Crippen molar-refractivity contribution in [3.05, 3.63) is 22.6 Å². The molecule has 0 saturated carbocycles. The number of rotatable bonds is 6. The molecular weight excluding hydrogens is 439 g/mol. The van der Waals surface area contributed by atoms with Gasteiger partial charge in [0.25, 0.3) is 3.79 Å². The average Bonchev–Trinajstić information content (AvgIpc) is 2.57. The predicted octanol–water partition coefficient (Wildman–Crippen LogP) is 3.44. The van der Waals surface area contributed by atoms with Crippen LogP contribution in [-0.4, -0.2) is 52.8 Å². The highest BCUT2D eigenvalue weighted by molar-refractivity contribution is 6.76. The maximum absolute atomic E-state index is 11.6. The molecule has 1 N–H and O–H groups in total. The number of hydrogen-bond acceptors (Lipinski definition) is 8. The van der Waals surface area contributed by atoms with Gasteiger partial charge in [-0.05, 0) is 12.5 Å². The molecule has 0 aromatic carbocycles. The van der Waals surface area contributed by atoms with Gasteiger partial charge in [-0.25, -0.2) is 0 Å². The monoisotopic (exact) mass is 456 g/mol. The van der Waals surface area contributed by atoms with Gasteiger partial charge in [0, 0.05) is 24.7 Å². The van der Waals surface area contributed by atoms with E-state index in [1.54, 1.807) is 19.1 Å². The van der Waals surface area contributed by atoms with Crippen LogP contribution < -0.4 is 0 Å². The minimum Gasteiger partial charge on any atom is -0.463 e. The number of carbonyl (C=O) groups excluding carboxylic acids is 2. The summed E-state index contributed by atoms with van der Waals surface area (Å²) in [4.78, 5) is 25.5. The molecule has 1 aliphatic rings. The van der Waals surface area contributed by atoms with Crippen LogP contribution in [0.15, 0.2) is 17.3 Å². The van der Waals surface area contributed by atoms with Gasteiger partial charge in [-0.2, -0.15) is 0 Å². The van der Waals surface area contributed by atoms with E-state index in [9.17, 15) is 9.59 Å². The molecule has 1 saturated heterocycles. The topological polar surface area (TPSA) is 144 Å². The summed E-state index contributed by atoms with van der Waals surface area (Å²) < 4.78 is 19.1. The molecule has 1 rings (SSSR count). The highest BCUT2D eigenvalue weighted by Crippen LogP contribution is 2.35. The molecule has 0 amide bonds. The Hall–Kier alpha value is -1.71. The minimum atomic E-state index is -2.20. The highest BCUT2D eigenvalue weighted by atomic mass is 35.6. The van der Waals surface area contributed by atoms with E-state index in [1.165, 1.54) is 13.8 Å². The molecule has 13 heteroatoms. The van der Waals surface area contributed by atoms with Crippen molar-refractivity contribution in [3.63, 3.8) is 0 Å². The second-order valence-corrected chi connectivity index (χ2v) is 7.94. The Bertz CT molecular complexity index is 677. The normalized spacial score (nSPS) is 27.6. The van der Waals surface area contributed by atoms with E-state index >= 15 is 0 Å². The van der Waals surface area contributed by atoms with Gasteiger partial charge in [0.2, 0.25) is 12.2 Å². The van der Waals surface area contributed by atoms with Crippen LogP contribution in [0.5, 0.6) is 0 Å². The summed E-state index contributed by atoms with van der Waals surface area (Å²) in [5.74, 6) is -2.65. The lowest BCUT2D eigenvalue weighted by Crippen LogP contribution is -2.57. The standard InChI is InChI=1S/C15H19Cl3N4O6/c1-4-5-9-10(6-25-7(2)23)27-13(28-14(19)15(16,17)18)11(21-22-20)12(9)26-8(3)24/h4-5,9-13,19H,6H2,1-3H3/b5-4+,19-14?/t9-,10?,11?,12+,13+/m1/s1. The van der Waals surface area contributed by atoms with Crippen LogP contribution >= 0.6 is 34.8 Å². The molecule has 0 radical (unpaired) electrons. The van der Waals surface area contributed by atoms with Gasteiger partial charge in [0.15, 0.2) is 0 Å². The third-order valence-electron chi connectivity index (χ3n) is 3.58. The molecular formula is C15H19Cl3N4O6. The molecule has 0 aromatic rings. The molecule has 156 valence electrons. The first-order valence-corrected chi connectivity index (χ1v) is 9.10. The molecule has 1 aliphatic heterocycles. The fourth-order valence-corrected chi connectivity index (χ4v) is 2.68. The summed E-state index contributed by atoms with van der Waals surface area (Å²) >= 11 is 16.9. The zero-order chi connectivity index (χ0) is 21.5. The number of ether oxygens (including phenoxy) is 4. The third kappa shape index (κ3) is 7.03. The number of esters is 2. The van der Waals surface area contributed by atoms with Crippen LogP contribution in [0.25, 0.3) is 10.4 Å². The van der Waals surface area contributed by atoms with Crippen molar-refractivity contribution >= 4 is 52.6 Å². The quantitative estimate of drug-likeness (QED) is 0.0945. The zero-order valence-corrected chi connectivity index (χ0v) is 17.4. The first-order chi connectivity index (χ1) is 13.0. The van der Waals surface area contributed by atoms with E-state index in [0.29, 0.717) is 0 Å². The van der Waals surface area contributed by atoms with Crippen LogP contribution in [-0.2, 0) is 28.5 Å². The first-order valence-electron chi connectivity index (χ1n) is 7.96. The van der Waals surface area contributed by atoms with E-state index in [2.05, 4.69) is 10.0 Å². The van der Waals surface area contributed by atoms with Crippen molar-refractivity contribution in [1.29, 1.82) is 5.41 Å². The first kappa shape index (κ1) is 24.3. The van der Waals surface area contributed by atoms with Crippen LogP contribution in [0.3, 0.4) is 0 Å².